The van der Waals surface area contributed by atoms with Crippen molar-refractivity contribution in [2.75, 3.05) is 6.61 Å². The average molecular weight is 143 g/mol. The van der Waals surface area contributed by atoms with Gasteiger partial charge in [-0.3, -0.25) is 0 Å². The van der Waals surface area contributed by atoms with Crippen LogP contribution >= 0.6 is 0 Å². The number of allylic oxidation sites excluding steroid dienone is 1. The number of rotatable bonds is 4. The molecule has 10 heavy (non-hydrogen) atoms. The molecule has 1 atom stereocenters. The van der Waals surface area contributed by atoms with E-state index >= 15 is 0 Å². The molecule has 0 bridgehead atoms. The highest BCUT2D eigenvalue weighted by atomic mass is 16.3. The molecule has 0 aliphatic heterocycles. The number of aliphatic hydroxyl groups is 1. The molecule has 0 aliphatic carbocycles. The third-order valence-corrected chi connectivity index (χ3v) is 1.78. The summed E-state index contributed by atoms with van der Waals surface area (Å²) in [6.45, 7) is 4.00. The van der Waals surface area contributed by atoms with E-state index in [1.165, 1.54) is 0 Å². The lowest BCUT2D eigenvalue weighted by atomic mass is 9.94. The molecule has 0 spiro atoms. The van der Waals surface area contributed by atoms with Crippen LogP contribution in [-0.2, 0) is 0 Å². The minimum absolute atomic E-state index is 0.0633. The van der Waals surface area contributed by atoms with Crippen LogP contribution in [0.4, 0.5) is 0 Å². The van der Waals surface area contributed by atoms with E-state index in [4.69, 9.17) is 10.8 Å². The van der Waals surface area contributed by atoms with Gasteiger partial charge < -0.3 is 10.8 Å². The molecule has 0 saturated carbocycles. The number of aliphatic hydroxyl groups excluding tert-OH is 1. The van der Waals surface area contributed by atoms with Crippen LogP contribution in [0.15, 0.2) is 12.2 Å². The summed E-state index contributed by atoms with van der Waals surface area (Å²) < 4.78 is 0. The monoisotopic (exact) mass is 143 g/mol. The zero-order chi connectivity index (χ0) is 8.04. The van der Waals surface area contributed by atoms with E-state index in [2.05, 4.69) is 0 Å². The van der Waals surface area contributed by atoms with E-state index in [-0.39, 0.29) is 6.61 Å². The maximum absolute atomic E-state index is 8.85. The van der Waals surface area contributed by atoms with Gasteiger partial charge in [0.05, 0.1) is 6.61 Å². The summed E-state index contributed by atoms with van der Waals surface area (Å²) in [6.07, 6.45) is 5.51. The molecule has 2 heteroatoms. The number of hydrogen-bond acceptors (Lipinski definition) is 2. The summed E-state index contributed by atoms with van der Waals surface area (Å²) in [4.78, 5) is 0. The van der Waals surface area contributed by atoms with Crippen LogP contribution in [0.2, 0.25) is 0 Å². The molecule has 0 aromatic carbocycles. The quantitative estimate of drug-likeness (QED) is 0.578. The first kappa shape index (κ1) is 9.66. The predicted molar refractivity (Wildman–Crippen MR) is 43.7 cm³/mol. The van der Waals surface area contributed by atoms with Crippen LogP contribution in [0.3, 0.4) is 0 Å². The first-order valence-corrected chi connectivity index (χ1v) is 3.69. The van der Waals surface area contributed by atoms with Gasteiger partial charge in [0.25, 0.3) is 0 Å². The van der Waals surface area contributed by atoms with Gasteiger partial charge >= 0.3 is 0 Å². The molecule has 2 nitrogen and oxygen atoms in total. The van der Waals surface area contributed by atoms with Gasteiger partial charge in [0.1, 0.15) is 0 Å². The summed E-state index contributed by atoms with van der Waals surface area (Å²) >= 11 is 0. The summed E-state index contributed by atoms with van der Waals surface area (Å²) in [5, 5.41) is 8.85. The molecule has 0 aliphatic rings. The Labute approximate surface area is 62.7 Å². The van der Waals surface area contributed by atoms with Crippen molar-refractivity contribution in [3.05, 3.63) is 12.2 Å². The molecule has 3 N–H and O–H groups in total. The SMILES string of the molecule is CC=CCC(N)(CC)CO. The Bertz CT molecular complexity index is 106. The van der Waals surface area contributed by atoms with E-state index in [1.54, 1.807) is 0 Å². The highest BCUT2D eigenvalue weighted by molar-refractivity contribution is 4.92. The van der Waals surface area contributed by atoms with Gasteiger partial charge in [-0.05, 0) is 19.8 Å². The predicted octanol–water partition coefficient (Wildman–Crippen LogP) is 1.05. The zero-order valence-electron chi connectivity index (χ0n) is 6.80. The topological polar surface area (TPSA) is 46.2 Å². The van der Waals surface area contributed by atoms with Crippen LogP contribution in [0.5, 0.6) is 0 Å². The van der Waals surface area contributed by atoms with Crippen molar-refractivity contribution in [2.45, 2.75) is 32.2 Å². The lowest BCUT2D eigenvalue weighted by molar-refractivity contribution is 0.193. The Morgan fingerprint density at radius 3 is 2.50 bits per heavy atom. The minimum Gasteiger partial charge on any atom is -0.394 e. The maximum atomic E-state index is 8.85. The fraction of sp³-hybridized carbons (Fsp3) is 0.750. The molecule has 1 unspecified atom stereocenters. The molecular weight excluding hydrogens is 126 g/mol. The summed E-state index contributed by atoms with van der Waals surface area (Å²) in [5.74, 6) is 0. The Morgan fingerprint density at radius 1 is 1.60 bits per heavy atom. The van der Waals surface area contributed by atoms with Gasteiger partial charge in [-0.2, -0.15) is 0 Å². The lowest BCUT2D eigenvalue weighted by Crippen LogP contribution is -2.42. The second-order valence-electron chi connectivity index (χ2n) is 2.65. The highest BCUT2D eigenvalue weighted by Gasteiger charge is 2.18. The van der Waals surface area contributed by atoms with Crippen molar-refractivity contribution in [1.29, 1.82) is 0 Å². The summed E-state index contributed by atoms with van der Waals surface area (Å²) in [7, 11) is 0. The Balaban J connectivity index is 3.80. The normalized spacial score (nSPS) is 17.6. The van der Waals surface area contributed by atoms with Crippen molar-refractivity contribution < 1.29 is 5.11 Å². The first-order valence-electron chi connectivity index (χ1n) is 3.69. The smallest absolute Gasteiger partial charge is 0.0614 e. The largest absolute Gasteiger partial charge is 0.394 e. The molecule has 0 aromatic heterocycles. The van der Waals surface area contributed by atoms with E-state index in [0.29, 0.717) is 0 Å². The van der Waals surface area contributed by atoms with Crippen LogP contribution in [0.1, 0.15) is 26.7 Å². The van der Waals surface area contributed by atoms with Gasteiger partial charge in [-0.15, -0.1) is 0 Å². The lowest BCUT2D eigenvalue weighted by Gasteiger charge is -2.23. The van der Waals surface area contributed by atoms with Crippen molar-refractivity contribution in [1.82, 2.24) is 0 Å². The molecule has 0 saturated heterocycles. The zero-order valence-corrected chi connectivity index (χ0v) is 6.80. The van der Waals surface area contributed by atoms with E-state index in [9.17, 15) is 0 Å². The summed E-state index contributed by atoms with van der Waals surface area (Å²) in [6, 6.07) is 0. The standard InChI is InChI=1S/C8H17NO/c1-3-5-6-8(9,4-2)7-10/h3,5,10H,4,6-7,9H2,1-2H3. The molecule has 0 amide bonds. The Kier molecular flexibility index (Phi) is 4.32. The molecule has 0 radical (unpaired) electrons. The van der Waals surface area contributed by atoms with Gasteiger partial charge in [0.15, 0.2) is 0 Å². The second kappa shape index (κ2) is 4.47. The third kappa shape index (κ3) is 2.99. The molecule has 0 aromatic rings. The van der Waals surface area contributed by atoms with Crippen molar-refractivity contribution >= 4 is 0 Å². The maximum Gasteiger partial charge on any atom is 0.0614 e. The van der Waals surface area contributed by atoms with Crippen LogP contribution in [0.25, 0.3) is 0 Å². The average Bonchev–Trinajstić information content (AvgIpc) is 2.00. The molecule has 60 valence electrons. The van der Waals surface area contributed by atoms with E-state index < -0.39 is 5.54 Å². The third-order valence-electron chi connectivity index (χ3n) is 1.78. The van der Waals surface area contributed by atoms with Crippen molar-refractivity contribution in [3.63, 3.8) is 0 Å². The Hall–Kier alpha value is -0.340. The van der Waals surface area contributed by atoms with Gasteiger partial charge in [0, 0.05) is 5.54 Å². The Morgan fingerprint density at radius 2 is 2.20 bits per heavy atom. The van der Waals surface area contributed by atoms with Crippen molar-refractivity contribution in [2.24, 2.45) is 5.73 Å². The molecule has 0 rings (SSSR count). The molecule has 0 fully saturated rings. The number of hydrogen-bond donors (Lipinski definition) is 2. The summed E-state index contributed by atoms with van der Waals surface area (Å²) in [5.41, 5.74) is 5.39. The fourth-order valence-corrected chi connectivity index (χ4v) is 0.673. The van der Waals surface area contributed by atoms with Crippen molar-refractivity contribution in [3.8, 4) is 0 Å². The number of nitrogens with two attached hydrogens (primary N) is 1. The molecule has 0 heterocycles. The fourth-order valence-electron chi connectivity index (χ4n) is 0.673. The van der Waals surface area contributed by atoms with Gasteiger partial charge in [-0.25, -0.2) is 0 Å². The van der Waals surface area contributed by atoms with Crippen LogP contribution in [0, 0.1) is 0 Å². The van der Waals surface area contributed by atoms with Crippen LogP contribution in [-0.4, -0.2) is 17.3 Å². The van der Waals surface area contributed by atoms with Gasteiger partial charge in [0.2, 0.25) is 0 Å². The second-order valence-corrected chi connectivity index (χ2v) is 2.65. The molecular formula is C8H17NO. The minimum atomic E-state index is -0.396. The highest BCUT2D eigenvalue weighted by Crippen LogP contribution is 2.10. The van der Waals surface area contributed by atoms with Crippen LogP contribution < -0.4 is 5.73 Å². The first-order chi connectivity index (χ1) is 4.68. The van der Waals surface area contributed by atoms with E-state index in [1.807, 2.05) is 26.0 Å². The van der Waals surface area contributed by atoms with E-state index in [0.717, 1.165) is 12.8 Å². The van der Waals surface area contributed by atoms with Gasteiger partial charge in [-0.1, -0.05) is 19.1 Å².